The van der Waals surface area contributed by atoms with Crippen molar-refractivity contribution in [2.24, 2.45) is 23.7 Å². The molecule has 0 N–H and O–H groups in total. The molecule has 2 aliphatic rings. The fourth-order valence-electron chi connectivity index (χ4n) is 3.26. The molecule has 18 heavy (non-hydrogen) atoms. The largest absolute Gasteiger partial charge is 0.745 e. The average molecular weight is 275 g/mol. The number of esters is 1. The fourth-order valence-corrected chi connectivity index (χ4v) is 4.14. The predicted octanol–water partition coefficient (Wildman–Crippen LogP) is 1.49. The Kier molecular flexibility index (Phi) is 3.69. The van der Waals surface area contributed by atoms with E-state index in [1.165, 1.54) is 0 Å². The molecule has 104 valence electrons. The Morgan fingerprint density at radius 1 is 1.28 bits per heavy atom. The molecule has 0 radical (unpaired) electrons. The number of hydrogen-bond donors (Lipinski definition) is 0. The van der Waals surface area contributed by atoms with Gasteiger partial charge in [0.25, 0.3) is 0 Å². The third kappa shape index (κ3) is 2.69. The highest BCUT2D eigenvalue weighted by Crippen LogP contribution is 2.48. The minimum absolute atomic E-state index is 0.202. The van der Waals surface area contributed by atoms with Crippen molar-refractivity contribution in [1.82, 2.24) is 0 Å². The maximum Gasteiger partial charge on any atom is 0.310 e. The van der Waals surface area contributed by atoms with Gasteiger partial charge in [0.2, 0.25) is 0 Å². The lowest BCUT2D eigenvalue weighted by Gasteiger charge is -2.27. The molecule has 2 bridgehead atoms. The van der Waals surface area contributed by atoms with Crippen molar-refractivity contribution >= 4 is 16.1 Å². The highest BCUT2D eigenvalue weighted by molar-refractivity contribution is 7.86. The molecule has 0 aromatic rings. The van der Waals surface area contributed by atoms with Crippen LogP contribution in [0.1, 0.15) is 39.5 Å². The Morgan fingerprint density at radius 3 is 2.33 bits per heavy atom. The van der Waals surface area contributed by atoms with Gasteiger partial charge in [-0.15, -0.1) is 0 Å². The first-order valence-corrected chi connectivity index (χ1v) is 7.91. The van der Waals surface area contributed by atoms with Crippen molar-refractivity contribution < 1.29 is 22.5 Å². The van der Waals surface area contributed by atoms with Gasteiger partial charge in [-0.3, -0.25) is 4.79 Å². The van der Waals surface area contributed by atoms with E-state index in [0.717, 1.165) is 25.7 Å². The van der Waals surface area contributed by atoms with E-state index in [0.29, 0.717) is 11.8 Å². The van der Waals surface area contributed by atoms with Crippen molar-refractivity contribution in [2.45, 2.75) is 45.0 Å². The number of fused-ring (bicyclic) bond motifs is 2. The second-order valence-electron chi connectivity index (χ2n) is 5.82. The van der Waals surface area contributed by atoms with Crippen LogP contribution in [-0.4, -0.2) is 24.4 Å². The highest BCUT2D eigenvalue weighted by atomic mass is 32.2. The van der Waals surface area contributed by atoms with Gasteiger partial charge in [-0.2, -0.15) is 0 Å². The molecule has 6 heteroatoms. The van der Waals surface area contributed by atoms with E-state index in [4.69, 9.17) is 4.74 Å². The molecule has 2 fully saturated rings. The van der Waals surface area contributed by atoms with E-state index < -0.39 is 27.4 Å². The summed E-state index contributed by atoms with van der Waals surface area (Å²) in [5.74, 6) is -0.319. The van der Waals surface area contributed by atoms with Gasteiger partial charge in [0.1, 0.15) is 10.1 Å². The van der Waals surface area contributed by atoms with E-state index in [9.17, 15) is 17.8 Å². The van der Waals surface area contributed by atoms with Gasteiger partial charge in [-0.05, 0) is 31.1 Å². The van der Waals surface area contributed by atoms with E-state index in [1.807, 2.05) is 0 Å². The van der Waals surface area contributed by atoms with Crippen molar-refractivity contribution in [3.63, 3.8) is 0 Å². The molecule has 0 aliphatic heterocycles. The summed E-state index contributed by atoms with van der Waals surface area (Å²) in [6.07, 6.45) is 3.99. The van der Waals surface area contributed by atoms with Crippen LogP contribution in [0.4, 0.5) is 0 Å². The summed E-state index contributed by atoms with van der Waals surface area (Å²) in [5, 5.41) is 0. The van der Waals surface area contributed by atoms with E-state index >= 15 is 0 Å². The molecular weight excluding hydrogens is 256 g/mol. The first-order chi connectivity index (χ1) is 8.29. The van der Waals surface area contributed by atoms with Crippen LogP contribution in [0.25, 0.3) is 0 Å². The summed E-state index contributed by atoms with van der Waals surface area (Å²) in [6.45, 7) is 3.13. The van der Waals surface area contributed by atoms with Crippen molar-refractivity contribution in [1.29, 1.82) is 0 Å². The van der Waals surface area contributed by atoms with Crippen LogP contribution < -0.4 is 0 Å². The third-order valence-corrected chi connectivity index (χ3v) is 5.31. The Balaban J connectivity index is 2.02. The van der Waals surface area contributed by atoms with Crippen LogP contribution in [-0.2, 0) is 19.6 Å². The average Bonchev–Trinajstić information content (AvgIpc) is 2.84. The first kappa shape index (κ1) is 13.8. The van der Waals surface area contributed by atoms with Gasteiger partial charge in [-0.1, -0.05) is 20.3 Å². The van der Waals surface area contributed by atoms with Crippen LogP contribution in [0.3, 0.4) is 0 Å². The van der Waals surface area contributed by atoms with Crippen LogP contribution in [0, 0.1) is 23.7 Å². The van der Waals surface area contributed by atoms with Crippen LogP contribution in [0.5, 0.6) is 0 Å². The topological polar surface area (TPSA) is 83.5 Å². The Bertz CT molecular complexity index is 428. The second-order valence-corrected chi connectivity index (χ2v) is 7.27. The van der Waals surface area contributed by atoms with Gasteiger partial charge >= 0.3 is 5.97 Å². The molecule has 0 saturated heterocycles. The van der Waals surface area contributed by atoms with Gasteiger partial charge in [0, 0.05) is 5.92 Å². The molecule has 0 aromatic heterocycles. The summed E-state index contributed by atoms with van der Waals surface area (Å²) in [4.78, 5) is 12.0. The van der Waals surface area contributed by atoms with Gasteiger partial charge in [0.05, 0.1) is 5.92 Å². The molecule has 0 spiro atoms. The lowest BCUT2D eigenvalue weighted by atomic mass is 9.89. The Hall–Kier alpha value is -0.620. The van der Waals surface area contributed by atoms with Gasteiger partial charge in [0.15, 0.2) is 5.44 Å². The molecule has 2 rings (SSSR count). The minimum atomic E-state index is -4.59. The van der Waals surface area contributed by atoms with Crippen LogP contribution >= 0.6 is 0 Å². The molecular formula is C12H19O5S-. The van der Waals surface area contributed by atoms with Gasteiger partial charge < -0.3 is 9.29 Å². The molecule has 0 aromatic carbocycles. The van der Waals surface area contributed by atoms with Gasteiger partial charge in [-0.25, -0.2) is 8.42 Å². The SMILES string of the molecule is CC(C)C(OC(=O)C1CC2CCC1C2)S(=O)(=O)[O-]. The minimum Gasteiger partial charge on any atom is -0.745 e. The maximum absolute atomic E-state index is 12.0. The lowest BCUT2D eigenvalue weighted by molar-refractivity contribution is -0.154. The zero-order valence-electron chi connectivity index (χ0n) is 10.7. The fraction of sp³-hybridized carbons (Fsp3) is 0.917. The highest BCUT2D eigenvalue weighted by Gasteiger charge is 2.44. The third-order valence-electron chi connectivity index (χ3n) is 4.10. The molecule has 5 nitrogen and oxygen atoms in total. The number of ether oxygens (including phenoxy) is 1. The zero-order chi connectivity index (χ0) is 13.5. The summed E-state index contributed by atoms with van der Waals surface area (Å²) in [6, 6.07) is 0. The van der Waals surface area contributed by atoms with Crippen molar-refractivity contribution in [3.05, 3.63) is 0 Å². The number of rotatable bonds is 4. The number of hydrogen-bond acceptors (Lipinski definition) is 5. The molecule has 4 atom stereocenters. The normalized spacial score (nSPS) is 32.8. The number of carbonyl (C=O) groups is 1. The van der Waals surface area contributed by atoms with Crippen LogP contribution in [0.15, 0.2) is 0 Å². The van der Waals surface area contributed by atoms with E-state index in [2.05, 4.69) is 0 Å². The predicted molar refractivity (Wildman–Crippen MR) is 63.4 cm³/mol. The molecule has 0 amide bonds. The summed E-state index contributed by atoms with van der Waals surface area (Å²) in [7, 11) is -4.59. The molecule has 0 heterocycles. The monoisotopic (exact) mass is 275 g/mol. The Labute approximate surface area is 108 Å². The van der Waals surface area contributed by atoms with E-state index in [1.54, 1.807) is 13.8 Å². The van der Waals surface area contributed by atoms with Crippen molar-refractivity contribution in [2.75, 3.05) is 0 Å². The summed E-state index contributed by atoms with van der Waals surface area (Å²) in [5.41, 5.74) is -1.55. The van der Waals surface area contributed by atoms with Crippen LogP contribution in [0.2, 0.25) is 0 Å². The quantitative estimate of drug-likeness (QED) is 0.573. The smallest absolute Gasteiger partial charge is 0.310 e. The Morgan fingerprint density at radius 2 is 1.94 bits per heavy atom. The maximum atomic E-state index is 12.0. The first-order valence-electron chi connectivity index (χ1n) is 6.44. The van der Waals surface area contributed by atoms with Crippen molar-refractivity contribution in [3.8, 4) is 0 Å². The summed E-state index contributed by atoms with van der Waals surface area (Å²) >= 11 is 0. The molecule has 4 unspecified atom stereocenters. The lowest BCUT2D eigenvalue weighted by Crippen LogP contribution is -2.35. The number of carbonyl (C=O) groups excluding carboxylic acids is 1. The standard InChI is InChI=1S/C12H20O5S/c1-7(2)12(18(14,15)16)17-11(13)10-6-8-3-4-9(10)5-8/h7-10,12H,3-6H2,1-2H3,(H,14,15,16)/p-1. The molecule has 2 saturated carbocycles. The van der Waals surface area contributed by atoms with E-state index in [-0.39, 0.29) is 5.92 Å². The zero-order valence-corrected chi connectivity index (χ0v) is 11.5. The second kappa shape index (κ2) is 4.81. The molecule has 2 aliphatic carbocycles. The summed E-state index contributed by atoms with van der Waals surface area (Å²) < 4.78 is 38.1.